The monoisotopic (exact) mass is 678 g/mol. The molecule has 1 aromatic carbocycles. The highest BCUT2D eigenvalue weighted by Gasteiger charge is 2.32. The van der Waals surface area contributed by atoms with Gasteiger partial charge in [0.2, 0.25) is 0 Å². The van der Waals surface area contributed by atoms with Gasteiger partial charge in [-0.15, -0.1) is 0 Å². The topological polar surface area (TPSA) is 127 Å². The summed E-state index contributed by atoms with van der Waals surface area (Å²) < 4.78 is 23.1. The van der Waals surface area contributed by atoms with E-state index in [4.69, 9.17) is 4.74 Å². The SMILES string of the molecule is CC1CN(C2COC2)CCN1c1ccc(Nc2cc(-c3cc(-n4ncc5cc(C(C)(C)C)cc(F)c5c4=O)ncc3C=O)cn(C)c2=O)nc1. The molecule has 258 valence electrons. The summed E-state index contributed by atoms with van der Waals surface area (Å²) in [7, 11) is 1.61. The lowest BCUT2D eigenvalue weighted by atomic mass is 9.86. The van der Waals surface area contributed by atoms with E-state index in [1.165, 1.54) is 29.1 Å². The van der Waals surface area contributed by atoms with Gasteiger partial charge in [-0.25, -0.2) is 14.4 Å². The summed E-state index contributed by atoms with van der Waals surface area (Å²) in [5.74, 6) is -0.0747. The van der Waals surface area contributed by atoms with Crippen molar-refractivity contribution >= 4 is 34.3 Å². The van der Waals surface area contributed by atoms with E-state index >= 15 is 4.39 Å². The van der Waals surface area contributed by atoms with Crippen LogP contribution in [0, 0.1) is 5.82 Å². The fourth-order valence-corrected chi connectivity index (χ4v) is 6.60. The third-order valence-electron chi connectivity index (χ3n) is 9.60. The molecule has 5 aromatic rings. The van der Waals surface area contributed by atoms with Crippen molar-refractivity contribution in [1.82, 2.24) is 29.2 Å². The van der Waals surface area contributed by atoms with Gasteiger partial charge in [0.15, 0.2) is 12.1 Å². The zero-order valence-corrected chi connectivity index (χ0v) is 28.7. The molecule has 1 atom stereocenters. The molecule has 13 heteroatoms. The Labute approximate surface area is 288 Å². The third kappa shape index (κ3) is 6.18. The number of piperazine rings is 1. The van der Waals surface area contributed by atoms with Crippen molar-refractivity contribution < 1.29 is 13.9 Å². The molecule has 0 aliphatic carbocycles. The molecule has 50 heavy (non-hydrogen) atoms. The van der Waals surface area contributed by atoms with Crippen LogP contribution in [0.3, 0.4) is 0 Å². The zero-order valence-electron chi connectivity index (χ0n) is 28.7. The van der Waals surface area contributed by atoms with E-state index < -0.39 is 11.4 Å². The number of fused-ring (bicyclic) bond motifs is 1. The maximum atomic E-state index is 15.3. The van der Waals surface area contributed by atoms with E-state index in [2.05, 4.69) is 37.1 Å². The Balaban J connectivity index is 1.18. The van der Waals surface area contributed by atoms with E-state index in [1.54, 1.807) is 31.6 Å². The Bertz CT molecular complexity index is 2220. The molecular weight excluding hydrogens is 639 g/mol. The highest BCUT2D eigenvalue weighted by atomic mass is 19.1. The average Bonchev–Trinajstić information content (AvgIpc) is 3.06. The van der Waals surface area contributed by atoms with Gasteiger partial charge in [-0.2, -0.15) is 9.78 Å². The van der Waals surface area contributed by atoms with E-state index in [9.17, 15) is 14.4 Å². The zero-order chi connectivity index (χ0) is 35.3. The Hall–Kier alpha value is -5.27. The van der Waals surface area contributed by atoms with Crippen molar-refractivity contribution in [3.8, 4) is 16.9 Å². The first-order chi connectivity index (χ1) is 23.9. The Morgan fingerprint density at radius 3 is 2.46 bits per heavy atom. The predicted molar refractivity (Wildman–Crippen MR) is 190 cm³/mol. The summed E-state index contributed by atoms with van der Waals surface area (Å²) in [4.78, 5) is 52.7. The standard InChI is InChI=1S/C37H39FN8O4/c1-22-17-44(28-20-50-21-28)8-9-45(22)27-6-7-32(39-16-27)42-31-11-24(18-43(5)35(31)48)29-13-33(40-14-25(29)19-47)46-36(49)34-23(15-41-46)10-26(12-30(34)38)37(2,3)4/h6-7,10-16,18-19,22,28H,8-9,17,20-21H2,1-5H3,(H,39,42). The maximum Gasteiger partial charge on any atom is 0.283 e. The number of halogens is 1. The minimum absolute atomic E-state index is 0.0912. The molecule has 1 unspecified atom stereocenters. The lowest BCUT2D eigenvalue weighted by Gasteiger charge is -2.46. The van der Waals surface area contributed by atoms with E-state index in [1.807, 2.05) is 32.9 Å². The third-order valence-corrected chi connectivity index (χ3v) is 9.60. The molecule has 7 rings (SSSR count). The van der Waals surface area contributed by atoms with Gasteiger partial charge in [0.25, 0.3) is 11.1 Å². The maximum absolute atomic E-state index is 15.3. The number of hydrogen-bond acceptors (Lipinski definition) is 10. The number of benzene rings is 1. The number of aromatic nitrogens is 5. The largest absolute Gasteiger partial charge is 0.378 e. The van der Waals surface area contributed by atoms with Crippen molar-refractivity contribution in [1.29, 1.82) is 0 Å². The number of rotatable bonds is 7. The predicted octanol–water partition coefficient (Wildman–Crippen LogP) is 4.44. The van der Waals surface area contributed by atoms with Crippen LogP contribution in [0.5, 0.6) is 0 Å². The van der Waals surface area contributed by atoms with Gasteiger partial charge in [0.05, 0.1) is 42.7 Å². The second-order valence-corrected chi connectivity index (χ2v) is 14.1. The van der Waals surface area contributed by atoms with E-state index in [-0.39, 0.29) is 33.4 Å². The molecule has 0 spiro atoms. The minimum atomic E-state index is -0.681. The quantitative estimate of drug-likeness (QED) is 0.247. The normalized spacial score (nSPS) is 17.2. The molecule has 12 nitrogen and oxygen atoms in total. The molecule has 0 radical (unpaired) electrons. The second-order valence-electron chi connectivity index (χ2n) is 14.1. The van der Waals surface area contributed by atoms with Crippen LogP contribution in [0.1, 0.15) is 43.6 Å². The lowest BCUT2D eigenvalue weighted by Crippen LogP contribution is -2.59. The van der Waals surface area contributed by atoms with Crippen molar-refractivity contribution in [2.75, 3.05) is 43.1 Å². The highest BCUT2D eigenvalue weighted by molar-refractivity contribution is 5.88. The molecule has 0 saturated carbocycles. The van der Waals surface area contributed by atoms with Crippen LogP contribution < -0.4 is 21.3 Å². The van der Waals surface area contributed by atoms with Crippen LogP contribution in [0.4, 0.5) is 21.6 Å². The van der Waals surface area contributed by atoms with Crippen LogP contribution in [-0.4, -0.2) is 80.4 Å². The van der Waals surface area contributed by atoms with Crippen LogP contribution in [0.25, 0.3) is 27.7 Å². The first kappa shape index (κ1) is 33.2. The number of aldehydes is 1. The molecule has 0 amide bonds. The Kier molecular flexibility index (Phi) is 8.56. The van der Waals surface area contributed by atoms with Crippen LogP contribution in [0.15, 0.2) is 70.8 Å². The van der Waals surface area contributed by atoms with Gasteiger partial charge in [-0.05, 0) is 59.9 Å². The summed E-state index contributed by atoms with van der Waals surface area (Å²) in [6.07, 6.45) is 6.80. The number of nitrogens with one attached hydrogen (secondary N) is 1. The smallest absolute Gasteiger partial charge is 0.283 e. The number of carbonyl (C=O) groups is 1. The molecule has 2 fully saturated rings. The van der Waals surface area contributed by atoms with E-state index in [0.29, 0.717) is 40.7 Å². The number of hydrogen-bond donors (Lipinski definition) is 1. The average molecular weight is 679 g/mol. The molecule has 2 aliphatic heterocycles. The van der Waals surface area contributed by atoms with Crippen LogP contribution >= 0.6 is 0 Å². The number of nitrogens with zero attached hydrogens (tertiary/aromatic N) is 7. The van der Waals surface area contributed by atoms with Crippen LogP contribution in [0.2, 0.25) is 0 Å². The minimum Gasteiger partial charge on any atom is -0.378 e. The second kappa shape index (κ2) is 12.9. The Morgan fingerprint density at radius 1 is 1.00 bits per heavy atom. The molecular formula is C37H39FN8O4. The highest BCUT2D eigenvalue weighted by Crippen LogP contribution is 2.29. The summed E-state index contributed by atoms with van der Waals surface area (Å²) >= 11 is 0. The van der Waals surface area contributed by atoms with Gasteiger partial charge < -0.3 is 19.5 Å². The van der Waals surface area contributed by atoms with Gasteiger partial charge in [-0.1, -0.05) is 20.8 Å². The molecule has 4 aromatic heterocycles. The van der Waals surface area contributed by atoms with Crippen molar-refractivity contribution in [2.24, 2.45) is 7.05 Å². The van der Waals surface area contributed by atoms with Gasteiger partial charge in [0, 0.05) is 61.6 Å². The lowest BCUT2D eigenvalue weighted by molar-refractivity contribution is -0.0691. The van der Waals surface area contributed by atoms with Crippen LogP contribution in [-0.2, 0) is 17.2 Å². The van der Waals surface area contributed by atoms with Gasteiger partial charge >= 0.3 is 0 Å². The Morgan fingerprint density at radius 2 is 1.80 bits per heavy atom. The van der Waals surface area contributed by atoms with Crippen molar-refractivity contribution in [2.45, 2.75) is 45.2 Å². The summed E-state index contributed by atoms with van der Waals surface area (Å²) in [6.45, 7) is 12.5. The van der Waals surface area contributed by atoms with E-state index in [0.717, 1.165) is 48.8 Å². The number of ether oxygens (including phenoxy) is 1. The van der Waals surface area contributed by atoms with Gasteiger partial charge in [0.1, 0.15) is 17.3 Å². The molecule has 2 saturated heterocycles. The number of anilines is 3. The van der Waals surface area contributed by atoms with Crippen molar-refractivity contribution in [3.05, 3.63) is 98.8 Å². The summed E-state index contributed by atoms with van der Waals surface area (Å²) in [6, 6.07) is 10.9. The molecule has 2 aliphatic rings. The number of carbonyl (C=O) groups excluding carboxylic acids is 1. The van der Waals surface area contributed by atoms with Crippen molar-refractivity contribution in [3.63, 3.8) is 0 Å². The summed E-state index contributed by atoms with van der Waals surface area (Å²) in [5.41, 5.74) is 1.82. The number of pyridine rings is 3. The number of aryl methyl sites for hydroxylation is 1. The molecule has 0 bridgehead atoms. The fourth-order valence-electron chi connectivity index (χ4n) is 6.60. The first-order valence-corrected chi connectivity index (χ1v) is 16.6. The fraction of sp³-hybridized carbons (Fsp3) is 0.351. The van der Waals surface area contributed by atoms with Gasteiger partial charge in [-0.3, -0.25) is 19.3 Å². The molecule has 1 N–H and O–H groups in total. The summed E-state index contributed by atoms with van der Waals surface area (Å²) in [5, 5.41) is 7.71. The first-order valence-electron chi connectivity index (χ1n) is 16.6. The molecule has 6 heterocycles.